The lowest BCUT2D eigenvalue weighted by Crippen LogP contribution is -2.41. The topological polar surface area (TPSA) is 52.7 Å². The molecule has 0 aromatic heterocycles. The highest BCUT2D eigenvalue weighted by atomic mass is 32.2. The molecule has 1 aliphatic heterocycles. The maximum atomic E-state index is 12.2. The van der Waals surface area contributed by atoms with Crippen molar-refractivity contribution in [2.45, 2.75) is 25.7 Å². The summed E-state index contributed by atoms with van der Waals surface area (Å²) in [6.45, 7) is 3.36. The molecule has 1 N–H and O–H groups in total. The quantitative estimate of drug-likeness (QED) is 0.665. The van der Waals surface area contributed by atoms with Gasteiger partial charge in [0.2, 0.25) is 10.0 Å². The van der Waals surface area contributed by atoms with E-state index in [4.69, 9.17) is 0 Å². The lowest BCUT2D eigenvalue weighted by Gasteiger charge is -2.32. The van der Waals surface area contributed by atoms with Gasteiger partial charge in [-0.15, -0.1) is 0 Å². The number of rotatable bonds is 8. The molecule has 0 saturated carbocycles. The Hall–Kier alpha value is -0.170. The van der Waals surface area contributed by atoms with E-state index in [1.54, 1.807) is 4.31 Å². The van der Waals surface area contributed by atoms with E-state index < -0.39 is 10.0 Å². The highest BCUT2D eigenvalue weighted by Gasteiger charge is 2.27. The predicted octanol–water partition coefficient (Wildman–Crippen LogP) is 0.589. The summed E-state index contributed by atoms with van der Waals surface area (Å²) in [4.78, 5) is 2.19. The van der Waals surface area contributed by atoms with Crippen LogP contribution >= 0.6 is 0 Å². The molecule has 1 rings (SSSR count). The van der Waals surface area contributed by atoms with Gasteiger partial charge in [0.25, 0.3) is 0 Å². The summed E-state index contributed by atoms with van der Waals surface area (Å²) < 4.78 is 26.0. The summed E-state index contributed by atoms with van der Waals surface area (Å²) >= 11 is 0. The molecule has 5 nitrogen and oxygen atoms in total. The maximum Gasteiger partial charge on any atom is 0.214 e. The Bertz CT molecular complexity index is 336. The summed E-state index contributed by atoms with van der Waals surface area (Å²) in [6.07, 6.45) is 3.66. The third kappa shape index (κ3) is 6.21. The Labute approximate surface area is 118 Å². The number of piperidine rings is 1. The third-order valence-electron chi connectivity index (χ3n) is 3.67. The first kappa shape index (κ1) is 16.9. The Morgan fingerprint density at radius 2 is 1.84 bits per heavy atom. The number of unbranched alkanes of at least 4 members (excludes halogenated alkanes) is 1. The molecule has 114 valence electrons. The monoisotopic (exact) mass is 291 g/mol. The SMILES string of the molecule is CNCCCCS(=O)(=O)N1CCC(CN(C)C)CC1. The average Bonchev–Trinajstić information content (AvgIpc) is 2.35. The van der Waals surface area contributed by atoms with Gasteiger partial charge in [0, 0.05) is 19.6 Å². The minimum Gasteiger partial charge on any atom is -0.320 e. The van der Waals surface area contributed by atoms with Gasteiger partial charge in [-0.1, -0.05) is 0 Å². The molecular formula is C13H29N3O2S. The van der Waals surface area contributed by atoms with Crippen molar-refractivity contribution in [3.05, 3.63) is 0 Å². The maximum absolute atomic E-state index is 12.2. The largest absolute Gasteiger partial charge is 0.320 e. The summed E-state index contributed by atoms with van der Waals surface area (Å²) in [5.74, 6) is 0.943. The van der Waals surface area contributed by atoms with Gasteiger partial charge in [0.1, 0.15) is 0 Å². The van der Waals surface area contributed by atoms with Crippen molar-refractivity contribution in [2.24, 2.45) is 5.92 Å². The van der Waals surface area contributed by atoms with Gasteiger partial charge in [0.15, 0.2) is 0 Å². The summed E-state index contributed by atoms with van der Waals surface area (Å²) in [6, 6.07) is 0. The molecule has 0 aromatic rings. The first-order valence-corrected chi connectivity index (χ1v) is 8.84. The van der Waals surface area contributed by atoms with Crippen LogP contribution in [-0.2, 0) is 10.0 Å². The number of sulfonamides is 1. The molecule has 0 amide bonds. The summed E-state index contributed by atoms with van der Waals surface area (Å²) in [7, 11) is 3.02. The van der Waals surface area contributed by atoms with E-state index in [0.29, 0.717) is 24.8 Å². The van der Waals surface area contributed by atoms with E-state index in [1.807, 2.05) is 7.05 Å². The molecule has 1 heterocycles. The van der Waals surface area contributed by atoms with Crippen LogP contribution in [0.5, 0.6) is 0 Å². The highest BCUT2D eigenvalue weighted by Crippen LogP contribution is 2.20. The van der Waals surface area contributed by atoms with Crippen LogP contribution in [0.3, 0.4) is 0 Å². The van der Waals surface area contributed by atoms with Crippen molar-refractivity contribution >= 4 is 10.0 Å². The first-order valence-electron chi connectivity index (χ1n) is 7.23. The second-order valence-corrected chi connectivity index (χ2v) is 7.82. The third-order valence-corrected chi connectivity index (χ3v) is 5.63. The Morgan fingerprint density at radius 3 is 2.37 bits per heavy atom. The number of hydrogen-bond donors (Lipinski definition) is 1. The van der Waals surface area contributed by atoms with E-state index >= 15 is 0 Å². The fourth-order valence-corrected chi connectivity index (χ4v) is 4.20. The smallest absolute Gasteiger partial charge is 0.214 e. The molecule has 1 fully saturated rings. The van der Waals surface area contributed by atoms with Crippen LogP contribution in [-0.4, -0.2) is 70.7 Å². The van der Waals surface area contributed by atoms with E-state index in [-0.39, 0.29) is 0 Å². The minimum absolute atomic E-state index is 0.299. The van der Waals surface area contributed by atoms with Crippen molar-refractivity contribution in [1.82, 2.24) is 14.5 Å². The van der Waals surface area contributed by atoms with Crippen LogP contribution in [0.1, 0.15) is 25.7 Å². The zero-order valence-corrected chi connectivity index (χ0v) is 13.4. The molecule has 0 bridgehead atoms. The van der Waals surface area contributed by atoms with Crippen molar-refractivity contribution < 1.29 is 8.42 Å². The van der Waals surface area contributed by atoms with Crippen molar-refractivity contribution in [1.29, 1.82) is 0 Å². The first-order chi connectivity index (χ1) is 8.95. The lowest BCUT2D eigenvalue weighted by atomic mass is 9.98. The minimum atomic E-state index is -3.02. The molecule has 0 unspecified atom stereocenters. The molecule has 0 atom stereocenters. The number of nitrogens with one attached hydrogen (secondary N) is 1. The van der Waals surface area contributed by atoms with E-state index in [0.717, 1.165) is 38.8 Å². The zero-order valence-electron chi connectivity index (χ0n) is 12.6. The van der Waals surface area contributed by atoms with Crippen molar-refractivity contribution in [2.75, 3.05) is 53.1 Å². The average molecular weight is 291 g/mol. The Kier molecular flexibility index (Phi) is 7.28. The molecular weight excluding hydrogens is 262 g/mol. The van der Waals surface area contributed by atoms with Crippen molar-refractivity contribution in [3.8, 4) is 0 Å². The van der Waals surface area contributed by atoms with Crippen LogP contribution in [0.4, 0.5) is 0 Å². The van der Waals surface area contributed by atoms with Gasteiger partial charge in [-0.05, 0) is 59.3 Å². The second kappa shape index (κ2) is 8.19. The molecule has 0 aromatic carbocycles. The number of nitrogens with zero attached hydrogens (tertiary/aromatic N) is 2. The molecule has 1 aliphatic rings. The standard InChI is InChI=1S/C13H29N3O2S/c1-14-8-4-5-11-19(17,18)16-9-6-13(7-10-16)12-15(2)3/h13-14H,4-12H2,1-3H3. The van der Waals surface area contributed by atoms with Gasteiger partial charge in [-0.2, -0.15) is 0 Å². The molecule has 0 spiro atoms. The van der Waals surface area contributed by atoms with Crippen LogP contribution in [0.15, 0.2) is 0 Å². The molecule has 1 saturated heterocycles. The molecule has 0 radical (unpaired) electrons. The van der Waals surface area contributed by atoms with Gasteiger partial charge >= 0.3 is 0 Å². The van der Waals surface area contributed by atoms with Gasteiger partial charge in [-0.25, -0.2) is 12.7 Å². The van der Waals surface area contributed by atoms with Gasteiger partial charge in [0.05, 0.1) is 5.75 Å². The molecule has 6 heteroatoms. The normalized spacial score (nSPS) is 19.2. The van der Waals surface area contributed by atoms with Crippen LogP contribution in [0.2, 0.25) is 0 Å². The van der Waals surface area contributed by atoms with E-state index in [2.05, 4.69) is 24.3 Å². The summed E-state index contributed by atoms with van der Waals surface area (Å²) in [5, 5.41) is 3.04. The number of hydrogen-bond acceptors (Lipinski definition) is 4. The van der Waals surface area contributed by atoms with Crippen LogP contribution < -0.4 is 5.32 Å². The van der Waals surface area contributed by atoms with Crippen LogP contribution in [0.25, 0.3) is 0 Å². The van der Waals surface area contributed by atoms with Crippen LogP contribution in [0, 0.1) is 5.92 Å². The summed E-state index contributed by atoms with van der Waals surface area (Å²) in [5.41, 5.74) is 0. The Balaban J connectivity index is 2.32. The molecule has 0 aliphatic carbocycles. The second-order valence-electron chi connectivity index (χ2n) is 5.73. The lowest BCUT2D eigenvalue weighted by molar-refractivity contribution is 0.225. The highest BCUT2D eigenvalue weighted by molar-refractivity contribution is 7.89. The fraction of sp³-hybridized carbons (Fsp3) is 1.00. The van der Waals surface area contributed by atoms with Gasteiger partial charge in [-0.3, -0.25) is 0 Å². The fourth-order valence-electron chi connectivity index (χ4n) is 2.60. The predicted molar refractivity (Wildman–Crippen MR) is 79.8 cm³/mol. The van der Waals surface area contributed by atoms with Gasteiger partial charge < -0.3 is 10.2 Å². The zero-order chi connectivity index (χ0) is 14.3. The Morgan fingerprint density at radius 1 is 1.21 bits per heavy atom. The molecule has 19 heavy (non-hydrogen) atoms. The van der Waals surface area contributed by atoms with E-state index in [9.17, 15) is 8.42 Å². The van der Waals surface area contributed by atoms with Crippen molar-refractivity contribution in [3.63, 3.8) is 0 Å². The van der Waals surface area contributed by atoms with E-state index in [1.165, 1.54) is 0 Å².